The van der Waals surface area contributed by atoms with Gasteiger partial charge in [-0.05, 0) is 67.1 Å². The normalized spacial score (nSPS) is 11.0. The van der Waals surface area contributed by atoms with Crippen molar-refractivity contribution in [1.82, 2.24) is 0 Å². The fourth-order valence-corrected chi connectivity index (χ4v) is 3.81. The van der Waals surface area contributed by atoms with E-state index in [9.17, 15) is 13.2 Å². The number of anilines is 2. The maximum absolute atomic E-state index is 12.6. The highest BCUT2D eigenvalue weighted by Gasteiger charge is 2.15. The third-order valence-electron chi connectivity index (χ3n) is 3.89. The van der Waals surface area contributed by atoms with E-state index in [1.165, 1.54) is 12.1 Å². The third-order valence-corrected chi connectivity index (χ3v) is 5.51. The average Bonchev–Trinajstić information content (AvgIpc) is 2.65. The first-order valence-corrected chi connectivity index (χ1v) is 9.97. The maximum Gasteiger partial charge on any atom is 0.261 e. The van der Waals surface area contributed by atoms with Crippen LogP contribution in [-0.4, -0.2) is 14.3 Å². The van der Waals surface area contributed by atoms with Crippen LogP contribution in [0.5, 0.6) is 0 Å². The number of carbonyl (C=O) groups excluding carboxylic acids is 1. The fourth-order valence-electron chi connectivity index (χ4n) is 2.46. The molecule has 0 fully saturated rings. The Kier molecular flexibility index (Phi) is 5.48. The van der Waals surface area contributed by atoms with Gasteiger partial charge in [0.1, 0.15) is 0 Å². The quantitative estimate of drug-likeness (QED) is 0.651. The molecule has 5 nitrogen and oxygen atoms in total. The predicted octanol–water partition coefficient (Wildman–Crippen LogP) is 4.70. The zero-order valence-corrected chi connectivity index (χ0v) is 16.0. The summed E-state index contributed by atoms with van der Waals surface area (Å²) >= 11 is 5.90. The number of aryl methyl sites for hydroxylation is 1. The maximum atomic E-state index is 12.6. The number of carbonyl (C=O) groups is 1. The van der Waals surface area contributed by atoms with Crippen LogP contribution in [0.25, 0.3) is 0 Å². The van der Waals surface area contributed by atoms with E-state index < -0.39 is 10.0 Å². The van der Waals surface area contributed by atoms with Crippen LogP contribution in [0.2, 0.25) is 5.02 Å². The second kappa shape index (κ2) is 7.82. The molecule has 0 atom stereocenters. The van der Waals surface area contributed by atoms with Gasteiger partial charge in [-0.15, -0.1) is 0 Å². The lowest BCUT2D eigenvalue weighted by molar-refractivity contribution is 0.102. The molecule has 1 amide bonds. The zero-order chi connectivity index (χ0) is 19.4. The van der Waals surface area contributed by atoms with E-state index in [1.807, 2.05) is 6.07 Å². The van der Waals surface area contributed by atoms with Crippen LogP contribution in [0.3, 0.4) is 0 Å². The minimum absolute atomic E-state index is 0.0922. The van der Waals surface area contributed by atoms with Crippen LogP contribution >= 0.6 is 11.6 Å². The molecule has 3 rings (SSSR count). The largest absolute Gasteiger partial charge is 0.322 e. The standard InChI is InChI=1S/C20H17ClN2O3S/c1-14-13-16(21)7-12-19(14)23-27(25,26)18-10-8-17(9-11-18)22-20(24)15-5-3-2-4-6-15/h2-13,23H,1H3,(H,22,24). The monoisotopic (exact) mass is 400 g/mol. The van der Waals surface area contributed by atoms with Crippen molar-refractivity contribution in [3.63, 3.8) is 0 Å². The summed E-state index contributed by atoms with van der Waals surface area (Å²) in [5, 5.41) is 3.27. The Morgan fingerprint density at radius 3 is 2.22 bits per heavy atom. The molecule has 0 aliphatic rings. The van der Waals surface area contributed by atoms with Crippen LogP contribution in [0, 0.1) is 6.92 Å². The van der Waals surface area contributed by atoms with Crippen LogP contribution < -0.4 is 10.0 Å². The molecule has 0 bridgehead atoms. The number of benzene rings is 3. The minimum Gasteiger partial charge on any atom is -0.322 e. The van der Waals surface area contributed by atoms with Crippen molar-refractivity contribution in [2.75, 3.05) is 10.0 Å². The van der Waals surface area contributed by atoms with Crippen molar-refractivity contribution >= 4 is 38.9 Å². The molecule has 0 unspecified atom stereocenters. The van der Waals surface area contributed by atoms with Crippen molar-refractivity contribution in [2.45, 2.75) is 11.8 Å². The number of hydrogen-bond donors (Lipinski definition) is 2. The summed E-state index contributed by atoms with van der Waals surface area (Å²) in [6, 6.07) is 19.7. The second-order valence-corrected chi connectivity index (χ2v) is 8.03. The summed E-state index contributed by atoms with van der Waals surface area (Å²) in [6.45, 7) is 1.77. The van der Waals surface area contributed by atoms with E-state index >= 15 is 0 Å². The van der Waals surface area contributed by atoms with Crippen molar-refractivity contribution in [3.05, 3.63) is 88.9 Å². The summed E-state index contributed by atoms with van der Waals surface area (Å²) in [5.41, 5.74) is 2.21. The predicted molar refractivity (Wildman–Crippen MR) is 108 cm³/mol. The van der Waals surface area contributed by atoms with E-state index in [4.69, 9.17) is 11.6 Å². The van der Waals surface area contributed by atoms with Crippen molar-refractivity contribution in [2.24, 2.45) is 0 Å². The smallest absolute Gasteiger partial charge is 0.261 e. The lowest BCUT2D eigenvalue weighted by atomic mass is 10.2. The molecule has 0 aromatic heterocycles. The molecule has 27 heavy (non-hydrogen) atoms. The number of halogens is 1. The second-order valence-electron chi connectivity index (χ2n) is 5.91. The fraction of sp³-hybridized carbons (Fsp3) is 0.0500. The summed E-state index contributed by atoms with van der Waals surface area (Å²) in [6.07, 6.45) is 0. The molecule has 0 heterocycles. The van der Waals surface area contributed by atoms with Crippen LogP contribution in [0.1, 0.15) is 15.9 Å². The first-order chi connectivity index (χ1) is 12.8. The van der Waals surface area contributed by atoms with Gasteiger partial charge in [-0.2, -0.15) is 0 Å². The third kappa shape index (κ3) is 4.67. The molecule has 0 saturated heterocycles. The Hall–Kier alpha value is -2.83. The number of nitrogens with one attached hydrogen (secondary N) is 2. The SMILES string of the molecule is Cc1cc(Cl)ccc1NS(=O)(=O)c1ccc(NC(=O)c2ccccc2)cc1. The molecule has 3 aromatic carbocycles. The van der Waals surface area contributed by atoms with Crippen LogP contribution in [-0.2, 0) is 10.0 Å². The van der Waals surface area contributed by atoms with Gasteiger partial charge in [-0.3, -0.25) is 9.52 Å². The van der Waals surface area contributed by atoms with Crippen LogP contribution in [0.15, 0.2) is 77.7 Å². The Morgan fingerprint density at radius 2 is 1.59 bits per heavy atom. The minimum atomic E-state index is -3.75. The average molecular weight is 401 g/mol. The van der Waals surface area contributed by atoms with Gasteiger partial charge < -0.3 is 5.32 Å². The molecule has 0 aliphatic carbocycles. The highest BCUT2D eigenvalue weighted by atomic mass is 35.5. The first-order valence-electron chi connectivity index (χ1n) is 8.10. The molecule has 2 N–H and O–H groups in total. The van der Waals surface area contributed by atoms with Crippen LogP contribution in [0.4, 0.5) is 11.4 Å². The molecule has 7 heteroatoms. The van der Waals surface area contributed by atoms with Crippen molar-refractivity contribution < 1.29 is 13.2 Å². The van der Waals surface area contributed by atoms with Crippen molar-refractivity contribution in [1.29, 1.82) is 0 Å². The van der Waals surface area contributed by atoms with Gasteiger partial charge in [-0.25, -0.2) is 8.42 Å². The number of amides is 1. The Morgan fingerprint density at radius 1 is 0.926 bits per heavy atom. The van der Waals surface area contributed by atoms with E-state index in [2.05, 4.69) is 10.0 Å². The first kappa shape index (κ1) is 18.9. The van der Waals surface area contributed by atoms with Gasteiger partial charge in [0.05, 0.1) is 10.6 Å². The molecule has 0 radical (unpaired) electrons. The topological polar surface area (TPSA) is 75.3 Å². The number of rotatable bonds is 5. The number of sulfonamides is 1. The van der Waals surface area contributed by atoms with E-state index in [1.54, 1.807) is 61.5 Å². The Balaban J connectivity index is 1.75. The summed E-state index contributed by atoms with van der Waals surface area (Å²) < 4.78 is 27.7. The highest BCUT2D eigenvalue weighted by Crippen LogP contribution is 2.23. The molecule has 138 valence electrons. The van der Waals surface area contributed by atoms with E-state index in [0.29, 0.717) is 22.0 Å². The lowest BCUT2D eigenvalue weighted by Crippen LogP contribution is -2.14. The molecule has 0 spiro atoms. The van der Waals surface area contributed by atoms with Gasteiger partial charge in [0.2, 0.25) is 0 Å². The Labute approximate surface area is 163 Å². The summed E-state index contributed by atoms with van der Waals surface area (Å²) in [4.78, 5) is 12.2. The molecular formula is C20H17ClN2O3S. The van der Waals surface area contributed by atoms with Gasteiger partial charge >= 0.3 is 0 Å². The summed E-state index contributed by atoms with van der Waals surface area (Å²) in [5.74, 6) is -0.263. The lowest BCUT2D eigenvalue weighted by Gasteiger charge is -2.11. The van der Waals surface area contributed by atoms with Crippen molar-refractivity contribution in [3.8, 4) is 0 Å². The zero-order valence-electron chi connectivity index (χ0n) is 14.4. The van der Waals surface area contributed by atoms with Gasteiger partial charge in [0, 0.05) is 16.3 Å². The van der Waals surface area contributed by atoms with E-state index in [-0.39, 0.29) is 10.8 Å². The Bertz CT molecular complexity index is 1070. The summed E-state index contributed by atoms with van der Waals surface area (Å²) in [7, 11) is -3.75. The van der Waals surface area contributed by atoms with E-state index in [0.717, 1.165) is 5.56 Å². The van der Waals surface area contributed by atoms with Gasteiger partial charge in [0.25, 0.3) is 15.9 Å². The molecular weight excluding hydrogens is 384 g/mol. The number of hydrogen-bond acceptors (Lipinski definition) is 3. The van der Waals surface area contributed by atoms with Gasteiger partial charge in [-0.1, -0.05) is 29.8 Å². The van der Waals surface area contributed by atoms with Gasteiger partial charge in [0.15, 0.2) is 0 Å². The highest BCUT2D eigenvalue weighted by molar-refractivity contribution is 7.92. The molecule has 0 aliphatic heterocycles. The molecule has 0 saturated carbocycles. The molecule has 3 aromatic rings.